The molecule has 4 rings (SSSR count). The smallest absolute Gasteiger partial charge is 0.251 e. The van der Waals surface area contributed by atoms with E-state index in [-0.39, 0.29) is 11.8 Å². The highest BCUT2D eigenvalue weighted by Gasteiger charge is 2.23. The molecule has 5 nitrogen and oxygen atoms in total. The van der Waals surface area contributed by atoms with E-state index >= 15 is 0 Å². The molecule has 0 radical (unpaired) electrons. The maximum Gasteiger partial charge on any atom is 0.251 e. The molecular weight excluding hydrogens is 406 g/mol. The van der Waals surface area contributed by atoms with Gasteiger partial charge in [0.2, 0.25) is 5.91 Å². The Kier molecular flexibility index (Phi) is 5.74. The van der Waals surface area contributed by atoms with Gasteiger partial charge in [0.25, 0.3) is 5.91 Å². The molecule has 2 N–H and O–H groups in total. The lowest BCUT2D eigenvalue weighted by Gasteiger charge is -2.03. The summed E-state index contributed by atoms with van der Waals surface area (Å²) in [6.45, 7) is 0. The van der Waals surface area contributed by atoms with E-state index in [4.69, 9.17) is 11.6 Å². The summed E-state index contributed by atoms with van der Waals surface area (Å²) in [7, 11) is 0. The lowest BCUT2D eigenvalue weighted by Crippen LogP contribution is -2.25. The Morgan fingerprint density at radius 2 is 1.79 bits per heavy atom. The molecule has 2 aromatic carbocycles. The standard InChI is InChI=1S/C22H18ClN3O2S/c23-17-8-6-15(7-9-17)19-13-29-22(25-19)26-20(27)12-3-14-1-4-16(5-2-14)21(28)24-18-10-11-18/h1-9,12-13,18H,10-11H2,(H,24,28)(H,25,26,27)/b12-3+. The van der Waals surface area contributed by atoms with Gasteiger partial charge in [0.05, 0.1) is 5.69 Å². The van der Waals surface area contributed by atoms with Gasteiger partial charge in [0.1, 0.15) is 0 Å². The second-order valence-corrected chi connectivity index (χ2v) is 8.03. The number of halogens is 1. The van der Waals surface area contributed by atoms with E-state index in [9.17, 15) is 9.59 Å². The molecule has 0 bridgehead atoms. The van der Waals surface area contributed by atoms with Crippen molar-refractivity contribution in [3.05, 3.63) is 76.1 Å². The number of carbonyl (C=O) groups excluding carboxylic acids is 2. The van der Waals surface area contributed by atoms with Gasteiger partial charge >= 0.3 is 0 Å². The van der Waals surface area contributed by atoms with Gasteiger partial charge in [-0.3, -0.25) is 14.9 Å². The van der Waals surface area contributed by atoms with Crippen LogP contribution in [0.2, 0.25) is 5.02 Å². The number of carbonyl (C=O) groups is 2. The number of thiazole rings is 1. The van der Waals surface area contributed by atoms with Crippen LogP contribution in [0.5, 0.6) is 0 Å². The van der Waals surface area contributed by atoms with Crippen LogP contribution in [0.1, 0.15) is 28.8 Å². The number of benzene rings is 2. The third-order valence-corrected chi connectivity index (χ3v) is 5.40. The maximum absolute atomic E-state index is 12.2. The average Bonchev–Trinajstić information content (AvgIpc) is 3.42. The van der Waals surface area contributed by atoms with Crippen LogP contribution >= 0.6 is 22.9 Å². The number of hydrogen-bond acceptors (Lipinski definition) is 4. The molecule has 1 aliphatic rings. The van der Waals surface area contributed by atoms with Crippen molar-refractivity contribution in [3.8, 4) is 11.3 Å². The first kappa shape index (κ1) is 19.4. The van der Waals surface area contributed by atoms with E-state index in [1.807, 2.05) is 29.6 Å². The molecule has 0 spiro atoms. The largest absolute Gasteiger partial charge is 0.349 e. The molecule has 1 fully saturated rings. The second kappa shape index (κ2) is 8.59. The lowest BCUT2D eigenvalue weighted by atomic mass is 10.1. The summed E-state index contributed by atoms with van der Waals surface area (Å²) in [5.74, 6) is -0.321. The number of nitrogens with zero attached hydrogens (tertiary/aromatic N) is 1. The van der Waals surface area contributed by atoms with Gasteiger partial charge < -0.3 is 5.32 Å². The van der Waals surface area contributed by atoms with E-state index in [2.05, 4.69) is 15.6 Å². The number of aromatic nitrogens is 1. The number of amides is 2. The van der Waals surface area contributed by atoms with Gasteiger partial charge in [-0.25, -0.2) is 4.98 Å². The topological polar surface area (TPSA) is 71.1 Å². The van der Waals surface area contributed by atoms with Crippen molar-refractivity contribution in [2.24, 2.45) is 0 Å². The molecule has 0 saturated heterocycles. The molecule has 1 saturated carbocycles. The second-order valence-electron chi connectivity index (χ2n) is 6.74. The predicted molar refractivity (Wildman–Crippen MR) is 117 cm³/mol. The van der Waals surface area contributed by atoms with Gasteiger partial charge in [0.15, 0.2) is 5.13 Å². The number of nitrogens with one attached hydrogen (secondary N) is 2. The SMILES string of the molecule is O=C(/C=C/c1ccc(C(=O)NC2CC2)cc1)Nc1nc(-c2ccc(Cl)cc2)cs1. The molecule has 146 valence electrons. The third kappa shape index (κ3) is 5.31. The molecule has 0 aliphatic heterocycles. The van der Waals surface area contributed by atoms with Crippen LogP contribution < -0.4 is 10.6 Å². The zero-order valence-corrected chi connectivity index (χ0v) is 17.0. The van der Waals surface area contributed by atoms with Crippen LogP contribution in [-0.4, -0.2) is 22.8 Å². The van der Waals surface area contributed by atoms with Crippen LogP contribution in [-0.2, 0) is 4.79 Å². The minimum atomic E-state index is -0.266. The summed E-state index contributed by atoms with van der Waals surface area (Å²) in [5, 5.41) is 8.79. The van der Waals surface area contributed by atoms with Gasteiger partial charge in [-0.15, -0.1) is 11.3 Å². The molecular formula is C22H18ClN3O2S. The van der Waals surface area contributed by atoms with Crippen molar-refractivity contribution in [2.45, 2.75) is 18.9 Å². The molecule has 0 atom stereocenters. The predicted octanol–water partition coefficient (Wildman–Crippen LogP) is 5.01. The fraction of sp³-hybridized carbons (Fsp3) is 0.136. The average molecular weight is 424 g/mol. The van der Waals surface area contributed by atoms with Gasteiger partial charge in [-0.2, -0.15) is 0 Å². The van der Waals surface area contributed by atoms with Gasteiger partial charge in [-0.1, -0.05) is 35.9 Å². The monoisotopic (exact) mass is 423 g/mol. The van der Waals surface area contributed by atoms with Gasteiger partial charge in [-0.05, 0) is 48.7 Å². The zero-order chi connectivity index (χ0) is 20.2. The van der Waals surface area contributed by atoms with Crippen molar-refractivity contribution in [3.63, 3.8) is 0 Å². The van der Waals surface area contributed by atoms with E-state index in [0.717, 1.165) is 29.7 Å². The first-order valence-corrected chi connectivity index (χ1v) is 10.4. The number of rotatable bonds is 6. The quantitative estimate of drug-likeness (QED) is 0.547. The highest BCUT2D eigenvalue weighted by atomic mass is 35.5. The minimum absolute atomic E-state index is 0.0546. The third-order valence-electron chi connectivity index (χ3n) is 4.39. The molecule has 3 aromatic rings. The Balaban J connectivity index is 1.34. The summed E-state index contributed by atoms with van der Waals surface area (Å²) >= 11 is 7.26. The number of hydrogen-bond donors (Lipinski definition) is 2. The summed E-state index contributed by atoms with van der Waals surface area (Å²) in [6, 6.07) is 14.9. The first-order chi connectivity index (χ1) is 14.1. The van der Waals surface area contributed by atoms with Crippen molar-refractivity contribution < 1.29 is 9.59 Å². The summed E-state index contributed by atoms with van der Waals surface area (Å²) in [5.41, 5.74) is 3.18. The van der Waals surface area contributed by atoms with E-state index in [1.54, 1.807) is 30.3 Å². The normalized spacial score (nSPS) is 13.4. The highest BCUT2D eigenvalue weighted by molar-refractivity contribution is 7.14. The van der Waals surface area contributed by atoms with Crippen LogP contribution in [0, 0.1) is 0 Å². The van der Waals surface area contributed by atoms with Gasteiger partial charge in [0, 0.05) is 33.6 Å². The van der Waals surface area contributed by atoms with Crippen molar-refractivity contribution in [1.29, 1.82) is 0 Å². The molecule has 1 aliphatic carbocycles. The van der Waals surface area contributed by atoms with Crippen LogP contribution in [0.25, 0.3) is 17.3 Å². The zero-order valence-electron chi connectivity index (χ0n) is 15.4. The first-order valence-electron chi connectivity index (χ1n) is 9.18. The molecule has 29 heavy (non-hydrogen) atoms. The van der Waals surface area contributed by atoms with E-state index in [1.165, 1.54) is 17.4 Å². The molecule has 0 unspecified atom stereocenters. The van der Waals surface area contributed by atoms with Crippen molar-refractivity contribution in [1.82, 2.24) is 10.3 Å². The Morgan fingerprint density at radius 3 is 2.48 bits per heavy atom. The fourth-order valence-corrected chi connectivity index (χ4v) is 3.49. The van der Waals surface area contributed by atoms with E-state index in [0.29, 0.717) is 21.8 Å². The minimum Gasteiger partial charge on any atom is -0.349 e. The lowest BCUT2D eigenvalue weighted by molar-refractivity contribution is -0.111. The molecule has 7 heteroatoms. The van der Waals surface area contributed by atoms with Crippen molar-refractivity contribution >= 4 is 46.0 Å². The summed E-state index contributed by atoms with van der Waals surface area (Å²) in [6.07, 6.45) is 5.26. The summed E-state index contributed by atoms with van der Waals surface area (Å²) in [4.78, 5) is 28.6. The van der Waals surface area contributed by atoms with Crippen LogP contribution in [0.3, 0.4) is 0 Å². The Bertz CT molecular complexity index is 1050. The maximum atomic E-state index is 12.2. The Labute approximate surface area is 177 Å². The van der Waals surface area contributed by atoms with Crippen LogP contribution in [0.15, 0.2) is 60.0 Å². The van der Waals surface area contributed by atoms with E-state index < -0.39 is 0 Å². The van der Waals surface area contributed by atoms with Crippen LogP contribution in [0.4, 0.5) is 5.13 Å². The fourth-order valence-electron chi connectivity index (χ4n) is 2.65. The van der Waals surface area contributed by atoms with Crippen molar-refractivity contribution in [2.75, 3.05) is 5.32 Å². The Hall–Kier alpha value is -2.96. The molecule has 2 amide bonds. The molecule has 1 heterocycles. The molecule has 1 aromatic heterocycles. The Morgan fingerprint density at radius 1 is 1.07 bits per heavy atom. The highest BCUT2D eigenvalue weighted by Crippen LogP contribution is 2.26. The number of anilines is 1. The summed E-state index contributed by atoms with van der Waals surface area (Å²) < 4.78 is 0.